The number of benzene rings is 1. The fourth-order valence-corrected chi connectivity index (χ4v) is 1.70. The number of hydrogen-bond donors (Lipinski definition) is 2. The summed E-state index contributed by atoms with van der Waals surface area (Å²) >= 11 is 0. The lowest BCUT2D eigenvalue weighted by atomic mass is 9.97. The molecule has 1 aliphatic rings. The summed E-state index contributed by atoms with van der Waals surface area (Å²) in [5, 5.41) is 9.80. The van der Waals surface area contributed by atoms with Crippen molar-refractivity contribution in [3.63, 3.8) is 0 Å². The van der Waals surface area contributed by atoms with Crippen LogP contribution in [0.1, 0.15) is 30.6 Å². The molecule has 2 rings (SSSR count). The molecule has 1 heterocycles. The predicted molar refractivity (Wildman–Crippen MR) is 56.1 cm³/mol. The highest BCUT2D eigenvalue weighted by Gasteiger charge is 2.26. The van der Waals surface area contributed by atoms with Crippen LogP contribution in [0, 0.1) is 0 Å². The van der Waals surface area contributed by atoms with Crippen LogP contribution in [0.2, 0.25) is 0 Å². The number of ether oxygens (including phenoxy) is 2. The maximum Gasteiger partial charge on any atom is 0.264 e. The molecule has 3 N–H and O–H groups in total. The quantitative estimate of drug-likeness (QED) is 0.851. The van der Waals surface area contributed by atoms with E-state index in [0.717, 1.165) is 0 Å². The first-order valence-electron chi connectivity index (χ1n) is 5.16. The molecule has 17 heavy (non-hydrogen) atoms. The van der Waals surface area contributed by atoms with E-state index in [4.69, 9.17) is 15.2 Å². The van der Waals surface area contributed by atoms with Gasteiger partial charge >= 0.3 is 0 Å². The molecule has 0 spiro atoms. The molecule has 1 aromatic rings. The zero-order valence-electron chi connectivity index (χ0n) is 9.19. The van der Waals surface area contributed by atoms with Crippen LogP contribution in [0.5, 0.6) is 11.5 Å². The summed E-state index contributed by atoms with van der Waals surface area (Å²) in [7, 11) is 0. The molecule has 0 aliphatic carbocycles. The minimum Gasteiger partial charge on any atom is -0.454 e. The number of halogens is 2. The van der Waals surface area contributed by atoms with E-state index in [-0.39, 0.29) is 23.7 Å². The van der Waals surface area contributed by atoms with Crippen LogP contribution in [0.3, 0.4) is 0 Å². The molecule has 0 aromatic heterocycles. The van der Waals surface area contributed by atoms with Gasteiger partial charge in [-0.3, -0.25) is 0 Å². The summed E-state index contributed by atoms with van der Waals surface area (Å²) in [5.74, 6) is 0.616. The third kappa shape index (κ3) is 2.18. The van der Waals surface area contributed by atoms with Crippen LogP contribution in [-0.2, 0) is 0 Å². The van der Waals surface area contributed by atoms with Gasteiger partial charge in [-0.25, -0.2) is 8.78 Å². The number of hydrogen-bond acceptors (Lipinski definition) is 4. The van der Waals surface area contributed by atoms with Crippen LogP contribution < -0.4 is 15.2 Å². The Labute approximate surface area is 96.9 Å². The monoisotopic (exact) mass is 245 g/mol. The lowest BCUT2D eigenvalue weighted by molar-refractivity contribution is 0.127. The topological polar surface area (TPSA) is 64.7 Å². The van der Waals surface area contributed by atoms with Crippen molar-refractivity contribution in [1.29, 1.82) is 0 Å². The highest BCUT2D eigenvalue weighted by molar-refractivity contribution is 5.50. The van der Waals surface area contributed by atoms with Crippen molar-refractivity contribution >= 4 is 0 Å². The average molecular weight is 245 g/mol. The van der Waals surface area contributed by atoms with E-state index in [9.17, 15) is 13.9 Å². The number of aliphatic hydroxyl groups is 1. The SMILES string of the molecule is CC(N)C(O)c1cc2c(cc1C(F)F)OCO2. The maximum atomic E-state index is 12.9. The van der Waals surface area contributed by atoms with E-state index in [0.29, 0.717) is 5.75 Å². The molecular formula is C11H13F2NO3. The Morgan fingerprint density at radius 3 is 2.24 bits per heavy atom. The van der Waals surface area contributed by atoms with E-state index in [1.165, 1.54) is 12.1 Å². The average Bonchev–Trinajstić information content (AvgIpc) is 2.72. The van der Waals surface area contributed by atoms with Gasteiger partial charge in [-0.15, -0.1) is 0 Å². The third-order valence-electron chi connectivity index (χ3n) is 2.63. The molecule has 4 nitrogen and oxygen atoms in total. The molecule has 0 saturated heterocycles. The predicted octanol–water partition coefficient (Wildman–Crippen LogP) is 1.73. The van der Waals surface area contributed by atoms with E-state index < -0.39 is 18.6 Å². The van der Waals surface area contributed by atoms with Gasteiger partial charge < -0.3 is 20.3 Å². The van der Waals surface area contributed by atoms with Crippen molar-refractivity contribution < 1.29 is 23.4 Å². The van der Waals surface area contributed by atoms with Gasteiger partial charge in [0.25, 0.3) is 6.43 Å². The highest BCUT2D eigenvalue weighted by Crippen LogP contribution is 2.40. The van der Waals surface area contributed by atoms with Crippen molar-refractivity contribution in [1.82, 2.24) is 0 Å². The van der Waals surface area contributed by atoms with Crippen LogP contribution >= 0.6 is 0 Å². The number of aliphatic hydroxyl groups excluding tert-OH is 1. The van der Waals surface area contributed by atoms with E-state index in [1.807, 2.05) is 0 Å². The fraction of sp³-hybridized carbons (Fsp3) is 0.455. The molecule has 0 radical (unpaired) electrons. The Bertz CT molecular complexity index is 423. The number of rotatable bonds is 3. The van der Waals surface area contributed by atoms with Crippen LogP contribution in [0.25, 0.3) is 0 Å². The standard InChI is InChI=1S/C11H13F2NO3/c1-5(14)10(15)6-2-8-9(17-4-16-8)3-7(6)11(12)13/h2-3,5,10-11,15H,4,14H2,1H3. The first-order valence-corrected chi connectivity index (χ1v) is 5.16. The summed E-state index contributed by atoms with van der Waals surface area (Å²) in [6, 6.07) is 1.90. The number of fused-ring (bicyclic) bond motifs is 1. The van der Waals surface area contributed by atoms with Gasteiger partial charge in [-0.1, -0.05) is 0 Å². The zero-order chi connectivity index (χ0) is 12.6. The maximum absolute atomic E-state index is 12.9. The van der Waals surface area contributed by atoms with E-state index >= 15 is 0 Å². The molecule has 1 aliphatic heterocycles. The molecule has 0 saturated carbocycles. The molecule has 0 fully saturated rings. The van der Waals surface area contributed by atoms with Gasteiger partial charge in [-0.05, 0) is 24.6 Å². The van der Waals surface area contributed by atoms with Gasteiger partial charge in [0, 0.05) is 11.6 Å². The molecular weight excluding hydrogens is 232 g/mol. The molecule has 2 atom stereocenters. The summed E-state index contributed by atoms with van der Waals surface area (Å²) in [4.78, 5) is 0. The van der Waals surface area contributed by atoms with E-state index in [1.54, 1.807) is 6.92 Å². The largest absolute Gasteiger partial charge is 0.454 e. The Balaban J connectivity index is 2.48. The first kappa shape index (κ1) is 12.1. The number of nitrogens with two attached hydrogens (primary N) is 1. The molecule has 1 aromatic carbocycles. The number of alkyl halides is 2. The smallest absolute Gasteiger partial charge is 0.264 e. The molecule has 94 valence electrons. The molecule has 0 amide bonds. The summed E-state index contributed by atoms with van der Waals surface area (Å²) in [6.07, 6.45) is -3.86. The van der Waals surface area contributed by atoms with Crippen molar-refractivity contribution in [3.05, 3.63) is 23.3 Å². The van der Waals surface area contributed by atoms with Crippen LogP contribution in [0.15, 0.2) is 12.1 Å². The third-order valence-corrected chi connectivity index (χ3v) is 2.63. The Morgan fingerprint density at radius 1 is 1.24 bits per heavy atom. The summed E-state index contributed by atoms with van der Waals surface area (Å²) < 4.78 is 35.8. The lowest BCUT2D eigenvalue weighted by Gasteiger charge is -2.18. The van der Waals surface area contributed by atoms with Crippen LogP contribution in [0.4, 0.5) is 8.78 Å². The second kappa shape index (κ2) is 4.46. The van der Waals surface area contributed by atoms with Gasteiger partial charge in [0.15, 0.2) is 11.5 Å². The first-order chi connectivity index (χ1) is 8.00. The summed E-state index contributed by atoms with van der Waals surface area (Å²) in [5.41, 5.74) is 5.32. The van der Waals surface area contributed by atoms with Gasteiger partial charge in [0.1, 0.15) is 0 Å². The second-order valence-electron chi connectivity index (χ2n) is 3.94. The zero-order valence-corrected chi connectivity index (χ0v) is 9.19. The minimum atomic E-state index is -2.70. The lowest BCUT2D eigenvalue weighted by Crippen LogP contribution is -2.25. The van der Waals surface area contributed by atoms with Crippen molar-refractivity contribution in [2.75, 3.05) is 6.79 Å². The molecule has 2 unspecified atom stereocenters. The van der Waals surface area contributed by atoms with Crippen LogP contribution in [-0.4, -0.2) is 17.9 Å². The van der Waals surface area contributed by atoms with Gasteiger partial charge in [-0.2, -0.15) is 0 Å². The second-order valence-corrected chi connectivity index (χ2v) is 3.94. The van der Waals surface area contributed by atoms with E-state index in [2.05, 4.69) is 0 Å². The molecule has 0 bridgehead atoms. The highest BCUT2D eigenvalue weighted by atomic mass is 19.3. The normalized spacial score (nSPS) is 17.3. The van der Waals surface area contributed by atoms with Crippen molar-refractivity contribution in [2.45, 2.75) is 25.5 Å². The van der Waals surface area contributed by atoms with Crippen molar-refractivity contribution in [2.24, 2.45) is 5.73 Å². The van der Waals surface area contributed by atoms with Gasteiger partial charge in [0.05, 0.1) is 6.10 Å². The summed E-state index contributed by atoms with van der Waals surface area (Å²) in [6.45, 7) is 1.54. The van der Waals surface area contributed by atoms with Gasteiger partial charge in [0.2, 0.25) is 6.79 Å². The Kier molecular flexibility index (Phi) is 3.17. The Morgan fingerprint density at radius 2 is 1.76 bits per heavy atom. The minimum absolute atomic E-state index is 0.00423. The fourth-order valence-electron chi connectivity index (χ4n) is 1.70. The Hall–Kier alpha value is -1.40. The molecule has 6 heteroatoms. The van der Waals surface area contributed by atoms with Crippen molar-refractivity contribution in [3.8, 4) is 11.5 Å².